The monoisotopic (exact) mass is 321 g/mol. The number of carbonyl (C=O) groups is 2. The van der Waals surface area contributed by atoms with Gasteiger partial charge in [-0.05, 0) is 41.5 Å². The van der Waals surface area contributed by atoms with E-state index in [-0.39, 0.29) is 5.95 Å². The summed E-state index contributed by atoms with van der Waals surface area (Å²) in [6.45, 7) is 13.8. The number of rotatable bonds is 2. The van der Waals surface area contributed by atoms with Crippen LogP contribution in [-0.2, 0) is 9.47 Å². The van der Waals surface area contributed by atoms with Gasteiger partial charge in [0.05, 0.1) is 0 Å². The van der Waals surface area contributed by atoms with Crippen LogP contribution < -0.4 is 4.90 Å². The van der Waals surface area contributed by atoms with Gasteiger partial charge in [-0.1, -0.05) is 12.7 Å². The van der Waals surface area contributed by atoms with Crippen molar-refractivity contribution < 1.29 is 19.1 Å². The summed E-state index contributed by atoms with van der Waals surface area (Å²) in [5, 5.41) is 0. The zero-order valence-electron chi connectivity index (χ0n) is 14.4. The van der Waals surface area contributed by atoms with E-state index in [9.17, 15) is 9.59 Å². The molecule has 0 atom stereocenters. The molecule has 2 amide bonds. The molecule has 126 valence electrons. The third kappa shape index (κ3) is 6.06. The Labute approximate surface area is 136 Å². The fraction of sp³-hybridized carbons (Fsp3) is 0.500. The van der Waals surface area contributed by atoms with Gasteiger partial charge < -0.3 is 9.47 Å². The number of imide groups is 1. The van der Waals surface area contributed by atoms with Crippen LogP contribution in [0.5, 0.6) is 0 Å². The smallest absolute Gasteiger partial charge is 0.427 e. The summed E-state index contributed by atoms with van der Waals surface area (Å²) in [6.07, 6.45) is 2.62. The van der Waals surface area contributed by atoms with Crippen LogP contribution in [0.4, 0.5) is 15.5 Å². The zero-order valence-corrected chi connectivity index (χ0v) is 14.4. The molecule has 23 heavy (non-hydrogen) atoms. The lowest BCUT2D eigenvalue weighted by molar-refractivity contribution is 0.0427. The third-order valence-corrected chi connectivity index (χ3v) is 2.25. The molecule has 0 bridgehead atoms. The van der Waals surface area contributed by atoms with Crippen LogP contribution in [0, 0.1) is 0 Å². The lowest BCUT2D eigenvalue weighted by Gasteiger charge is -2.27. The highest BCUT2D eigenvalue weighted by molar-refractivity contribution is 6.08. The van der Waals surface area contributed by atoms with Crippen LogP contribution in [0.15, 0.2) is 19.0 Å². The van der Waals surface area contributed by atoms with Crippen molar-refractivity contribution in [3.63, 3.8) is 0 Å². The Hall–Kier alpha value is -2.44. The van der Waals surface area contributed by atoms with Crippen LogP contribution in [0.1, 0.15) is 47.1 Å². The predicted octanol–water partition coefficient (Wildman–Crippen LogP) is 3.80. The molecule has 1 heterocycles. The van der Waals surface area contributed by atoms with Crippen LogP contribution in [0.3, 0.4) is 0 Å². The molecule has 0 N–H and O–H groups in total. The first-order valence-corrected chi connectivity index (χ1v) is 7.13. The fourth-order valence-electron chi connectivity index (χ4n) is 1.41. The molecule has 0 fully saturated rings. The van der Waals surface area contributed by atoms with Gasteiger partial charge in [0.2, 0.25) is 5.95 Å². The van der Waals surface area contributed by atoms with E-state index < -0.39 is 23.4 Å². The zero-order chi connectivity index (χ0) is 17.8. The SMILES string of the molecule is C=Cc1cnc(N(C(=O)OC(C)(C)C)C(=O)OC(C)(C)C)nc1. The second-order valence-electron chi connectivity index (χ2n) is 6.82. The van der Waals surface area contributed by atoms with E-state index >= 15 is 0 Å². The third-order valence-electron chi connectivity index (χ3n) is 2.25. The second-order valence-corrected chi connectivity index (χ2v) is 6.82. The van der Waals surface area contributed by atoms with Crippen LogP contribution >= 0.6 is 0 Å². The molecule has 0 saturated carbocycles. The summed E-state index contributed by atoms with van der Waals surface area (Å²) in [5.41, 5.74) is -0.904. The Balaban J connectivity index is 3.16. The van der Waals surface area contributed by atoms with Gasteiger partial charge in [-0.3, -0.25) is 0 Å². The molecule has 0 aliphatic heterocycles. The molecular formula is C16H23N3O4. The molecule has 0 saturated heterocycles. The molecule has 0 aromatic carbocycles. The predicted molar refractivity (Wildman–Crippen MR) is 87.1 cm³/mol. The minimum Gasteiger partial charge on any atom is -0.443 e. The van der Waals surface area contributed by atoms with Crippen molar-refractivity contribution in [2.24, 2.45) is 0 Å². The van der Waals surface area contributed by atoms with E-state index in [0.29, 0.717) is 10.5 Å². The molecule has 7 nitrogen and oxygen atoms in total. The number of carbonyl (C=O) groups excluding carboxylic acids is 2. The average Bonchev–Trinajstić information content (AvgIpc) is 2.35. The summed E-state index contributed by atoms with van der Waals surface area (Å²) < 4.78 is 10.5. The van der Waals surface area contributed by atoms with Crippen molar-refractivity contribution in [2.45, 2.75) is 52.7 Å². The molecule has 0 spiro atoms. The lowest BCUT2D eigenvalue weighted by atomic mass is 10.2. The molecule has 7 heteroatoms. The van der Waals surface area contributed by atoms with E-state index in [1.54, 1.807) is 47.6 Å². The van der Waals surface area contributed by atoms with Crippen molar-refractivity contribution in [2.75, 3.05) is 4.90 Å². The number of nitrogens with zero attached hydrogens (tertiary/aromatic N) is 3. The number of hydrogen-bond acceptors (Lipinski definition) is 6. The Morgan fingerprint density at radius 1 is 1.00 bits per heavy atom. The Kier molecular flexibility index (Phi) is 5.47. The molecule has 0 aliphatic carbocycles. The van der Waals surface area contributed by atoms with Gasteiger partial charge in [0.25, 0.3) is 0 Å². The molecule has 1 aromatic rings. The quantitative estimate of drug-likeness (QED) is 0.824. The van der Waals surface area contributed by atoms with E-state index in [2.05, 4.69) is 16.5 Å². The topological polar surface area (TPSA) is 81.6 Å². The Morgan fingerprint density at radius 3 is 1.70 bits per heavy atom. The summed E-state index contributed by atoms with van der Waals surface area (Å²) in [5.74, 6) is -0.126. The van der Waals surface area contributed by atoms with Crippen molar-refractivity contribution in [1.29, 1.82) is 0 Å². The van der Waals surface area contributed by atoms with Gasteiger partial charge in [-0.15, -0.1) is 4.90 Å². The lowest BCUT2D eigenvalue weighted by Crippen LogP contribution is -2.44. The van der Waals surface area contributed by atoms with Crippen LogP contribution in [0.25, 0.3) is 6.08 Å². The highest BCUT2D eigenvalue weighted by atomic mass is 16.6. The first kappa shape index (κ1) is 18.6. The molecule has 0 aliphatic rings. The van der Waals surface area contributed by atoms with Crippen LogP contribution in [-0.4, -0.2) is 33.4 Å². The van der Waals surface area contributed by atoms with Crippen molar-refractivity contribution in [1.82, 2.24) is 9.97 Å². The average molecular weight is 321 g/mol. The number of ether oxygens (including phenoxy) is 2. The Morgan fingerprint density at radius 2 is 1.39 bits per heavy atom. The van der Waals surface area contributed by atoms with Gasteiger partial charge in [-0.25, -0.2) is 19.6 Å². The second kappa shape index (κ2) is 6.76. The number of hydrogen-bond donors (Lipinski definition) is 0. The normalized spacial score (nSPS) is 11.6. The highest BCUT2D eigenvalue weighted by Crippen LogP contribution is 2.18. The maximum atomic E-state index is 12.3. The van der Waals surface area contributed by atoms with Gasteiger partial charge >= 0.3 is 12.2 Å². The number of anilines is 1. The van der Waals surface area contributed by atoms with Crippen LogP contribution in [0.2, 0.25) is 0 Å². The number of aromatic nitrogens is 2. The Bertz CT molecular complexity index is 555. The molecular weight excluding hydrogens is 298 g/mol. The maximum absolute atomic E-state index is 12.3. The van der Waals surface area contributed by atoms with Gasteiger partial charge in [0, 0.05) is 18.0 Å². The van der Waals surface area contributed by atoms with E-state index in [1.165, 1.54) is 12.4 Å². The molecule has 0 unspecified atom stereocenters. The molecule has 1 aromatic heterocycles. The standard InChI is InChI=1S/C16H23N3O4/c1-8-11-9-17-12(18-10-11)19(13(20)22-15(2,3)4)14(21)23-16(5,6)7/h8-10H,1H2,2-7H3. The van der Waals surface area contributed by atoms with E-state index in [0.717, 1.165) is 0 Å². The first-order valence-electron chi connectivity index (χ1n) is 7.13. The largest absolute Gasteiger partial charge is 0.443 e. The summed E-state index contributed by atoms with van der Waals surface area (Å²) in [4.78, 5) is 33.3. The van der Waals surface area contributed by atoms with Crippen molar-refractivity contribution in [3.05, 3.63) is 24.5 Å². The molecule has 0 radical (unpaired) electrons. The van der Waals surface area contributed by atoms with E-state index in [4.69, 9.17) is 9.47 Å². The first-order chi connectivity index (χ1) is 10.4. The fourth-order valence-corrected chi connectivity index (χ4v) is 1.41. The van der Waals surface area contributed by atoms with Gasteiger partial charge in [0.15, 0.2) is 0 Å². The summed E-state index contributed by atoms with van der Waals surface area (Å²) in [6, 6.07) is 0. The summed E-state index contributed by atoms with van der Waals surface area (Å²) in [7, 11) is 0. The maximum Gasteiger partial charge on any atom is 0.427 e. The minimum atomic E-state index is -0.905. The number of amides is 2. The van der Waals surface area contributed by atoms with Gasteiger partial charge in [-0.2, -0.15) is 0 Å². The van der Waals surface area contributed by atoms with Gasteiger partial charge in [0.1, 0.15) is 11.2 Å². The highest BCUT2D eigenvalue weighted by Gasteiger charge is 2.34. The van der Waals surface area contributed by atoms with E-state index in [1.807, 2.05) is 0 Å². The minimum absolute atomic E-state index is 0.126. The summed E-state index contributed by atoms with van der Waals surface area (Å²) >= 11 is 0. The molecule has 1 rings (SSSR count). The van der Waals surface area contributed by atoms with Crippen molar-refractivity contribution in [3.8, 4) is 0 Å². The van der Waals surface area contributed by atoms with Crippen molar-refractivity contribution >= 4 is 24.2 Å².